The average molecular weight is 179 g/mol. The summed E-state index contributed by atoms with van der Waals surface area (Å²) in [4.78, 5) is 9.54. The van der Waals surface area contributed by atoms with Crippen molar-refractivity contribution in [2.75, 3.05) is 7.05 Å². The van der Waals surface area contributed by atoms with Crippen molar-refractivity contribution in [3.8, 4) is 0 Å². The number of hydrogen-bond acceptors (Lipinski definition) is 3. The summed E-state index contributed by atoms with van der Waals surface area (Å²) in [5.74, 6) is 0. The molecule has 0 bridgehead atoms. The van der Waals surface area contributed by atoms with Crippen LogP contribution in [-0.2, 0) is 4.84 Å². The summed E-state index contributed by atoms with van der Waals surface area (Å²) >= 11 is 3.11. The number of nitrogens with zero attached hydrogens (tertiary/aromatic N) is 2. The van der Waals surface area contributed by atoms with Crippen LogP contribution in [0.5, 0.6) is 0 Å². The van der Waals surface area contributed by atoms with Gasteiger partial charge in [0.25, 0.3) is 4.81 Å². The van der Waals surface area contributed by atoms with Crippen LogP contribution in [-0.4, -0.2) is 23.1 Å². The van der Waals surface area contributed by atoms with Gasteiger partial charge in [-0.05, 0) is 6.92 Å². The number of aliphatic imine (C=N–C) groups is 1. The van der Waals surface area contributed by atoms with Gasteiger partial charge in [-0.1, -0.05) is 0 Å². The molecule has 1 aliphatic heterocycles. The second kappa shape index (κ2) is 2.03. The van der Waals surface area contributed by atoms with Gasteiger partial charge in [0.1, 0.15) is 6.17 Å². The Morgan fingerprint density at radius 2 is 2.50 bits per heavy atom. The zero-order chi connectivity index (χ0) is 6.15. The Kier molecular flexibility index (Phi) is 1.53. The largest absolute Gasteiger partial charge is 0.376 e. The maximum absolute atomic E-state index is 4.97. The Morgan fingerprint density at radius 1 is 1.88 bits per heavy atom. The molecule has 0 aromatic carbocycles. The van der Waals surface area contributed by atoms with Crippen LogP contribution in [0.4, 0.5) is 0 Å². The number of halogens is 1. The van der Waals surface area contributed by atoms with Gasteiger partial charge in [-0.3, -0.25) is 0 Å². The minimum Gasteiger partial charge on any atom is -0.376 e. The summed E-state index contributed by atoms with van der Waals surface area (Å²) in [5.41, 5.74) is 0. The van der Waals surface area contributed by atoms with Gasteiger partial charge in [0.05, 0.1) is 0 Å². The lowest BCUT2D eigenvalue weighted by atomic mass is 10.6. The lowest BCUT2D eigenvalue weighted by Crippen LogP contribution is -2.20. The Morgan fingerprint density at radius 3 is 2.62 bits per heavy atom. The fourth-order valence-corrected chi connectivity index (χ4v) is 0.972. The molecule has 3 nitrogen and oxygen atoms in total. The first-order valence-electron chi connectivity index (χ1n) is 2.34. The minimum absolute atomic E-state index is 0.143. The third-order valence-corrected chi connectivity index (χ3v) is 1.38. The molecule has 1 aliphatic rings. The number of hydroxylamine groups is 2. The molecule has 0 saturated heterocycles. The first kappa shape index (κ1) is 6.04. The molecule has 0 spiro atoms. The van der Waals surface area contributed by atoms with Gasteiger partial charge in [-0.2, -0.15) is 0 Å². The highest BCUT2D eigenvalue weighted by Crippen LogP contribution is 2.11. The molecule has 0 aliphatic carbocycles. The lowest BCUT2D eigenvalue weighted by Gasteiger charge is -2.09. The highest BCUT2D eigenvalue weighted by molar-refractivity contribution is 9.18. The topological polar surface area (TPSA) is 24.8 Å². The van der Waals surface area contributed by atoms with E-state index in [-0.39, 0.29) is 6.17 Å². The Balaban J connectivity index is 2.56. The molecule has 0 amide bonds. The predicted molar refractivity (Wildman–Crippen MR) is 34.7 cm³/mol. The summed E-state index contributed by atoms with van der Waals surface area (Å²) < 4.78 is 0. The van der Waals surface area contributed by atoms with Crippen molar-refractivity contribution < 1.29 is 4.84 Å². The molecule has 0 aromatic rings. The fraction of sp³-hybridized carbons (Fsp3) is 0.750. The third-order valence-electron chi connectivity index (χ3n) is 1.03. The van der Waals surface area contributed by atoms with E-state index in [2.05, 4.69) is 20.9 Å². The van der Waals surface area contributed by atoms with Gasteiger partial charge < -0.3 is 4.84 Å². The molecule has 0 radical (unpaired) electrons. The van der Waals surface area contributed by atoms with Crippen molar-refractivity contribution in [2.24, 2.45) is 4.99 Å². The third kappa shape index (κ3) is 1.00. The summed E-state index contributed by atoms with van der Waals surface area (Å²) in [6.45, 7) is 1.95. The minimum atomic E-state index is 0.143. The Labute approximate surface area is 56.4 Å². The van der Waals surface area contributed by atoms with Gasteiger partial charge in [0.15, 0.2) is 0 Å². The van der Waals surface area contributed by atoms with Crippen molar-refractivity contribution in [3.05, 3.63) is 0 Å². The molecular formula is C4H7BrN2O. The van der Waals surface area contributed by atoms with Crippen LogP contribution >= 0.6 is 15.9 Å². The molecule has 46 valence electrons. The predicted octanol–water partition coefficient (Wildman–Crippen LogP) is 0.960. The SMILES string of the molecule is CC1N=C(Br)ON1C. The van der Waals surface area contributed by atoms with Crippen LogP contribution in [0, 0.1) is 0 Å². The van der Waals surface area contributed by atoms with Gasteiger partial charge in [-0.15, -0.1) is 5.06 Å². The van der Waals surface area contributed by atoms with Gasteiger partial charge in [0.2, 0.25) is 0 Å². The highest BCUT2D eigenvalue weighted by atomic mass is 79.9. The van der Waals surface area contributed by atoms with E-state index in [9.17, 15) is 0 Å². The van der Waals surface area contributed by atoms with E-state index in [1.54, 1.807) is 5.06 Å². The first-order chi connectivity index (χ1) is 3.70. The average Bonchev–Trinajstić information content (AvgIpc) is 1.85. The highest BCUT2D eigenvalue weighted by Gasteiger charge is 2.17. The lowest BCUT2D eigenvalue weighted by molar-refractivity contribution is -0.0471. The molecule has 1 rings (SSSR count). The van der Waals surface area contributed by atoms with Crippen molar-refractivity contribution >= 4 is 20.7 Å². The summed E-state index contributed by atoms with van der Waals surface area (Å²) in [6, 6.07) is 0. The molecular weight excluding hydrogens is 172 g/mol. The summed E-state index contributed by atoms with van der Waals surface area (Å²) in [5, 5.41) is 1.67. The molecule has 0 saturated carbocycles. The maximum atomic E-state index is 4.97. The first-order valence-corrected chi connectivity index (χ1v) is 3.13. The van der Waals surface area contributed by atoms with Crippen molar-refractivity contribution in [1.29, 1.82) is 0 Å². The Bertz CT molecular complexity index is 125. The molecule has 1 heterocycles. The van der Waals surface area contributed by atoms with Crippen LogP contribution in [0.3, 0.4) is 0 Å². The van der Waals surface area contributed by atoms with E-state index in [1.165, 1.54) is 0 Å². The smallest absolute Gasteiger partial charge is 0.278 e. The van der Waals surface area contributed by atoms with E-state index in [1.807, 2.05) is 14.0 Å². The molecule has 0 fully saturated rings. The monoisotopic (exact) mass is 178 g/mol. The molecule has 1 unspecified atom stereocenters. The zero-order valence-corrected chi connectivity index (χ0v) is 6.34. The molecule has 1 atom stereocenters. The van der Waals surface area contributed by atoms with Gasteiger partial charge in [0, 0.05) is 23.0 Å². The van der Waals surface area contributed by atoms with E-state index >= 15 is 0 Å². The quantitative estimate of drug-likeness (QED) is 0.553. The number of rotatable bonds is 0. The van der Waals surface area contributed by atoms with E-state index < -0.39 is 0 Å². The number of hydrogen-bond donors (Lipinski definition) is 0. The molecule has 0 N–H and O–H groups in total. The summed E-state index contributed by atoms with van der Waals surface area (Å²) in [7, 11) is 1.84. The van der Waals surface area contributed by atoms with Crippen molar-refractivity contribution in [3.63, 3.8) is 0 Å². The fourth-order valence-electron chi connectivity index (χ4n) is 0.447. The Hall–Kier alpha value is -0.0900. The summed E-state index contributed by atoms with van der Waals surface area (Å²) in [6.07, 6.45) is 0.143. The zero-order valence-electron chi connectivity index (χ0n) is 4.76. The van der Waals surface area contributed by atoms with Crippen LogP contribution in [0.1, 0.15) is 6.92 Å². The van der Waals surface area contributed by atoms with Crippen molar-refractivity contribution in [2.45, 2.75) is 13.1 Å². The standard InChI is InChI=1S/C4H7BrN2O/c1-3-6-4(5)8-7(3)2/h3H,1-2H3. The molecule has 0 aromatic heterocycles. The van der Waals surface area contributed by atoms with Crippen LogP contribution < -0.4 is 0 Å². The maximum Gasteiger partial charge on any atom is 0.278 e. The molecule has 8 heavy (non-hydrogen) atoms. The van der Waals surface area contributed by atoms with E-state index in [4.69, 9.17) is 4.84 Å². The normalized spacial score (nSPS) is 29.9. The molecule has 4 heteroatoms. The van der Waals surface area contributed by atoms with E-state index in [0.717, 1.165) is 0 Å². The second-order valence-electron chi connectivity index (χ2n) is 1.65. The van der Waals surface area contributed by atoms with Gasteiger partial charge >= 0.3 is 0 Å². The van der Waals surface area contributed by atoms with Crippen LogP contribution in [0.25, 0.3) is 0 Å². The van der Waals surface area contributed by atoms with Crippen LogP contribution in [0.2, 0.25) is 0 Å². The van der Waals surface area contributed by atoms with Crippen molar-refractivity contribution in [1.82, 2.24) is 5.06 Å². The van der Waals surface area contributed by atoms with E-state index in [0.29, 0.717) is 4.81 Å². The van der Waals surface area contributed by atoms with Crippen LogP contribution in [0.15, 0.2) is 4.99 Å². The van der Waals surface area contributed by atoms with Gasteiger partial charge in [-0.25, -0.2) is 4.99 Å². The second-order valence-corrected chi connectivity index (χ2v) is 2.33.